The maximum Gasteiger partial charge on any atom is 0.408 e. The molecule has 5 atom stereocenters. The van der Waals surface area contributed by atoms with Gasteiger partial charge in [0.1, 0.15) is 52.3 Å². The molecule has 0 radical (unpaired) electrons. The Balaban J connectivity index is 0.000000319. The lowest BCUT2D eigenvalue weighted by Crippen LogP contribution is -2.59. The molecule has 8 rings (SSSR count). The second-order valence-electron chi connectivity index (χ2n) is 21.9. The molecular weight excluding hydrogens is 1060 g/mol. The number of fused-ring (bicyclic) bond motifs is 2. The van der Waals surface area contributed by atoms with E-state index in [0.29, 0.717) is 68.6 Å². The van der Waals surface area contributed by atoms with E-state index < -0.39 is 58.6 Å². The van der Waals surface area contributed by atoms with Gasteiger partial charge in [-0.2, -0.15) is 0 Å². The number of ether oxygens (including phenoxy) is 5. The Bertz CT molecular complexity index is 3420. The predicted molar refractivity (Wildman–Crippen MR) is 309 cm³/mol. The van der Waals surface area contributed by atoms with Gasteiger partial charge in [0.05, 0.1) is 41.8 Å². The minimum atomic E-state index is -1.31. The number of hydrogen-bond acceptors (Lipinski definition) is 17. The first-order chi connectivity index (χ1) is 37.8. The summed E-state index contributed by atoms with van der Waals surface area (Å²) in [5.74, 6) is -0.631. The van der Waals surface area contributed by atoms with Crippen LogP contribution in [0.25, 0.3) is 54.3 Å². The van der Waals surface area contributed by atoms with Crippen molar-refractivity contribution in [3.8, 4) is 40.0 Å². The number of likely N-dealkylation sites (tertiary alicyclic amines) is 1. The standard InChI is InChI=1S/C40H51N7O8S.C17H16N4O2S/c1-12-23-18-40(23,35(50)52-11)46-33(48)30-16-25(19-47(30)34(49)32(38(4,5)6)45-37(51)55-39(7,8)9)54-31-17-28(29-20-56-36(44-29)42-22(2)3)43-27-15-24(53-21-41-10)13-14-26(27)31;1-10(2)19-17-21-15(8-24-17)14-7-16(22)12-5-4-11(23-9-18-3)6-13(12)20-14/h12-15,17,20,22-23,25,30,32H,1,16,18-19,21H2,2-9,11H3,(H,42,44)(H,45,51)(H,46,48);4-8,10H,9H2,1-2H3,(H,19,21)(H,20,22)/t23-,25+,30+,32-,40-;/m1./s1. The molecule has 4 aromatic heterocycles. The molecule has 21 nitrogen and oxygen atoms in total. The van der Waals surface area contributed by atoms with E-state index >= 15 is 0 Å². The number of benzene rings is 2. The highest BCUT2D eigenvalue weighted by atomic mass is 32.1. The molecule has 23 heteroatoms. The van der Waals surface area contributed by atoms with Gasteiger partial charge in [-0.15, -0.1) is 29.3 Å². The van der Waals surface area contributed by atoms with Crippen LogP contribution in [0.15, 0.2) is 76.7 Å². The van der Waals surface area contributed by atoms with Crippen molar-refractivity contribution in [1.82, 2.24) is 35.5 Å². The first-order valence-corrected chi connectivity index (χ1v) is 27.6. The Kier molecular flexibility index (Phi) is 18.4. The van der Waals surface area contributed by atoms with Gasteiger partial charge in [-0.3, -0.25) is 24.1 Å². The largest absolute Gasteiger partial charge is 0.488 e. The summed E-state index contributed by atoms with van der Waals surface area (Å²) in [6.07, 6.45) is 0.459. The molecule has 6 aromatic rings. The minimum Gasteiger partial charge on any atom is -0.488 e. The monoisotopic (exact) mass is 1130 g/mol. The molecule has 1 saturated carbocycles. The van der Waals surface area contributed by atoms with Crippen LogP contribution in [0.4, 0.5) is 15.1 Å². The number of aromatic nitrogens is 4. The molecule has 2 fully saturated rings. The lowest BCUT2D eigenvalue weighted by atomic mass is 9.85. The average Bonchev–Trinajstić information content (AvgIpc) is 3.91. The molecule has 0 bridgehead atoms. The number of aromatic amines is 1. The molecule has 422 valence electrons. The molecule has 80 heavy (non-hydrogen) atoms. The lowest BCUT2D eigenvalue weighted by Gasteiger charge is -2.36. The number of rotatable bonds is 18. The number of amides is 3. The first-order valence-electron chi connectivity index (χ1n) is 25.8. The van der Waals surface area contributed by atoms with Crippen molar-refractivity contribution < 1.29 is 42.9 Å². The van der Waals surface area contributed by atoms with Crippen LogP contribution < -0.4 is 40.9 Å². The van der Waals surface area contributed by atoms with Gasteiger partial charge in [0.15, 0.2) is 15.7 Å². The highest BCUT2D eigenvalue weighted by molar-refractivity contribution is 7.14. The van der Waals surface area contributed by atoms with Crippen molar-refractivity contribution in [2.24, 2.45) is 11.3 Å². The maximum atomic E-state index is 14.6. The molecule has 5 heterocycles. The van der Waals surface area contributed by atoms with Crippen LogP contribution in [0, 0.1) is 24.5 Å². The molecule has 2 aliphatic rings. The van der Waals surface area contributed by atoms with Gasteiger partial charge < -0.3 is 54.8 Å². The Morgan fingerprint density at radius 2 is 1.48 bits per heavy atom. The number of nitrogens with zero attached hydrogens (tertiary/aromatic N) is 6. The van der Waals surface area contributed by atoms with Gasteiger partial charge in [-0.25, -0.2) is 37.7 Å². The van der Waals surface area contributed by atoms with E-state index in [1.807, 2.05) is 38.5 Å². The van der Waals surface area contributed by atoms with Gasteiger partial charge in [0, 0.05) is 70.2 Å². The van der Waals surface area contributed by atoms with Gasteiger partial charge in [-0.05, 0) is 84.6 Å². The van der Waals surface area contributed by atoms with E-state index in [1.165, 1.54) is 34.7 Å². The van der Waals surface area contributed by atoms with Gasteiger partial charge in [-0.1, -0.05) is 26.8 Å². The first kappa shape index (κ1) is 59.4. The molecule has 3 amide bonds. The SMILES string of the molecule is [C-]#[N+]COc1ccc2c(=O)cc(-c3csc(NC(C)C)n3)[nH]c2c1.[C-]#[N+]COc1ccc2c(O[C@H]3C[C@@H](C(=O)N[C@]4(C(=O)OC)C[C@H]4C=C)N(C(=O)[C@@H](NC(=O)OC(C)(C)C)C(C)(C)C)C3)cc(-c3csc(NC(C)C)n3)nc2c1. The van der Waals surface area contributed by atoms with Crippen LogP contribution in [0.2, 0.25) is 0 Å². The van der Waals surface area contributed by atoms with E-state index in [4.69, 9.17) is 46.8 Å². The number of thiazole rings is 2. The third kappa shape index (κ3) is 14.5. The molecular formula is C57H67N11O10S2. The van der Waals surface area contributed by atoms with E-state index in [9.17, 15) is 24.0 Å². The van der Waals surface area contributed by atoms with Crippen molar-refractivity contribution >= 4 is 78.6 Å². The number of esters is 1. The number of pyridine rings is 2. The van der Waals surface area contributed by atoms with Gasteiger partial charge >= 0.3 is 25.5 Å². The highest BCUT2D eigenvalue weighted by Crippen LogP contribution is 2.46. The van der Waals surface area contributed by atoms with Crippen molar-refractivity contribution in [1.29, 1.82) is 0 Å². The summed E-state index contributed by atoms with van der Waals surface area (Å²) >= 11 is 2.93. The number of nitrogens with one attached hydrogen (secondary N) is 5. The van der Waals surface area contributed by atoms with E-state index in [2.05, 4.69) is 47.5 Å². The summed E-state index contributed by atoms with van der Waals surface area (Å²) in [6, 6.07) is 11.9. The minimum absolute atomic E-state index is 0.0277. The van der Waals surface area contributed by atoms with Crippen LogP contribution in [-0.4, -0.2) is 117 Å². The van der Waals surface area contributed by atoms with E-state index in [1.54, 1.807) is 96.1 Å². The smallest absolute Gasteiger partial charge is 0.408 e. The van der Waals surface area contributed by atoms with Crippen LogP contribution in [0.5, 0.6) is 17.2 Å². The molecule has 0 unspecified atom stereocenters. The zero-order chi connectivity index (χ0) is 58.3. The summed E-state index contributed by atoms with van der Waals surface area (Å²) in [4.78, 5) is 92.3. The third-order valence-corrected chi connectivity index (χ3v) is 14.2. The van der Waals surface area contributed by atoms with Crippen LogP contribution in [-0.2, 0) is 23.9 Å². The number of alkyl carbamates (subject to hydrolysis) is 1. The fourth-order valence-electron chi connectivity index (χ4n) is 8.86. The number of carbonyl (C=O) groups excluding carboxylic acids is 4. The third-order valence-electron chi connectivity index (χ3n) is 12.6. The zero-order valence-electron chi connectivity index (χ0n) is 46.6. The van der Waals surface area contributed by atoms with Gasteiger partial charge in [0.2, 0.25) is 11.8 Å². The number of methoxy groups -OCH3 is 1. The summed E-state index contributed by atoms with van der Waals surface area (Å²) in [5, 5.41) is 18.7. The van der Waals surface area contributed by atoms with Crippen molar-refractivity contribution in [3.05, 3.63) is 105 Å². The summed E-state index contributed by atoms with van der Waals surface area (Å²) < 4.78 is 28.1. The van der Waals surface area contributed by atoms with Crippen molar-refractivity contribution in [2.45, 2.75) is 123 Å². The summed E-state index contributed by atoms with van der Waals surface area (Å²) in [7, 11) is 1.25. The molecule has 2 aromatic carbocycles. The predicted octanol–water partition coefficient (Wildman–Crippen LogP) is 9.68. The Morgan fingerprint density at radius 3 is 2.05 bits per heavy atom. The Morgan fingerprint density at radius 1 is 0.863 bits per heavy atom. The summed E-state index contributed by atoms with van der Waals surface area (Å²) in [5.41, 5.74) is 0.663. The molecule has 1 aliphatic heterocycles. The van der Waals surface area contributed by atoms with E-state index in [0.717, 1.165) is 16.0 Å². The molecule has 1 aliphatic carbocycles. The second kappa shape index (κ2) is 24.8. The zero-order valence-corrected chi connectivity index (χ0v) is 48.3. The number of H-pyrrole nitrogens is 1. The van der Waals surface area contributed by atoms with Crippen LogP contribution in [0.1, 0.15) is 82.1 Å². The maximum absolute atomic E-state index is 14.6. The van der Waals surface area contributed by atoms with Crippen LogP contribution >= 0.6 is 22.7 Å². The van der Waals surface area contributed by atoms with Crippen molar-refractivity contribution in [2.75, 3.05) is 37.7 Å². The average molecular weight is 1130 g/mol. The molecule has 5 N–H and O–H groups in total. The Hall–Kier alpha value is -8.28. The quantitative estimate of drug-likeness (QED) is 0.0305. The van der Waals surface area contributed by atoms with Gasteiger partial charge in [0.25, 0.3) is 0 Å². The molecule has 1 saturated heterocycles. The topological polar surface area (TPSA) is 246 Å². The number of anilines is 2. The Labute approximate surface area is 472 Å². The fourth-order valence-corrected chi connectivity index (χ4v) is 10.6. The lowest BCUT2D eigenvalue weighted by molar-refractivity contribution is -0.148. The fraction of sp³-hybridized carbons (Fsp3) is 0.439. The highest BCUT2D eigenvalue weighted by Gasteiger charge is 2.62. The van der Waals surface area contributed by atoms with E-state index in [-0.39, 0.29) is 43.8 Å². The number of carbonyl (C=O) groups is 4. The summed E-state index contributed by atoms with van der Waals surface area (Å²) in [6.45, 7) is 36.2. The molecule has 0 spiro atoms. The second-order valence-corrected chi connectivity index (χ2v) is 23.6. The normalized spacial score (nSPS) is 18.0. The van der Waals surface area contributed by atoms with Crippen LogP contribution in [0.3, 0.4) is 0 Å². The van der Waals surface area contributed by atoms with Crippen molar-refractivity contribution in [3.63, 3.8) is 0 Å². The number of hydrogen-bond donors (Lipinski definition) is 5.